The molecule has 5 aromatic rings. The summed E-state index contributed by atoms with van der Waals surface area (Å²) in [7, 11) is 0. The zero-order valence-electron chi connectivity index (χ0n) is 19.5. The van der Waals surface area contributed by atoms with Gasteiger partial charge in [0.15, 0.2) is 17.0 Å². The van der Waals surface area contributed by atoms with Crippen LogP contribution in [0.1, 0.15) is 28.6 Å². The van der Waals surface area contributed by atoms with E-state index in [-0.39, 0.29) is 24.8 Å². The van der Waals surface area contributed by atoms with Crippen LogP contribution >= 0.6 is 0 Å². The monoisotopic (exact) mass is 483 g/mol. The number of carbonyl (C=O) groups is 1. The van der Waals surface area contributed by atoms with Gasteiger partial charge >= 0.3 is 0 Å². The SMILES string of the molecule is [C-]#[N+]c1cc(C(=O)N[C@H](C)CO)ccc1COc1nn2c(-c3cc(C)on3)nnc2c2ccccc12. The van der Waals surface area contributed by atoms with Crippen LogP contribution in [0.15, 0.2) is 53.1 Å². The van der Waals surface area contributed by atoms with Gasteiger partial charge in [-0.1, -0.05) is 35.5 Å². The molecule has 0 fully saturated rings. The average molecular weight is 483 g/mol. The number of hydrogen-bond donors (Lipinski definition) is 2. The third-order valence-corrected chi connectivity index (χ3v) is 5.57. The predicted molar refractivity (Wildman–Crippen MR) is 130 cm³/mol. The highest BCUT2D eigenvalue weighted by Crippen LogP contribution is 2.30. The van der Waals surface area contributed by atoms with Crippen molar-refractivity contribution >= 4 is 28.0 Å². The van der Waals surface area contributed by atoms with Crippen molar-refractivity contribution in [2.75, 3.05) is 6.61 Å². The van der Waals surface area contributed by atoms with Gasteiger partial charge in [-0.25, -0.2) is 4.85 Å². The first-order chi connectivity index (χ1) is 17.5. The summed E-state index contributed by atoms with van der Waals surface area (Å²) in [5.74, 6) is 1.00. The van der Waals surface area contributed by atoms with Crippen LogP contribution in [0, 0.1) is 13.5 Å². The number of rotatable bonds is 7. The highest BCUT2D eigenvalue weighted by Gasteiger charge is 2.19. The summed E-state index contributed by atoms with van der Waals surface area (Å²) in [5.41, 5.74) is 2.25. The van der Waals surface area contributed by atoms with Gasteiger partial charge in [-0.15, -0.1) is 15.3 Å². The topological polar surface area (TPSA) is 132 Å². The second-order valence-electron chi connectivity index (χ2n) is 8.23. The smallest absolute Gasteiger partial charge is 0.250 e. The lowest BCUT2D eigenvalue weighted by Gasteiger charge is -2.13. The van der Waals surface area contributed by atoms with E-state index in [1.807, 2.05) is 24.3 Å². The van der Waals surface area contributed by atoms with E-state index in [0.717, 1.165) is 10.8 Å². The molecule has 36 heavy (non-hydrogen) atoms. The Bertz CT molecular complexity index is 1630. The van der Waals surface area contributed by atoms with Crippen molar-refractivity contribution in [3.05, 3.63) is 76.8 Å². The second kappa shape index (κ2) is 9.44. The standard InChI is InChI=1S/C25H21N7O4/c1-14(12-33)27-24(34)16-8-9-17(20(11-16)26-3)13-35-25-19-7-5-4-6-18(19)22-28-29-23(32(22)30-25)21-10-15(2)36-31-21/h4-11,14,33H,12-13H2,1-2H3,(H,27,34)/t14-/m1/s1. The van der Waals surface area contributed by atoms with Crippen LogP contribution in [0.25, 0.3) is 32.8 Å². The highest BCUT2D eigenvalue weighted by atomic mass is 16.5. The molecule has 0 aliphatic heterocycles. The normalized spacial score (nSPS) is 11.9. The molecule has 0 spiro atoms. The van der Waals surface area contributed by atoms with Crippen LogP contribution < -0.4 is 10.1 Å². The highest BCUT2D eigenvalue weighted by molar-refractivity contribution is 5.97. The lowest BCUT2D eigenvalue weighted by atomic mass is 10.1. The summed E-state index contributed by atoms with van der Waals surface area (Å²) in [6.45, 7) is 10.9. The quantitative estimate of drug-likeness (QED) is 0.336. The van der Waals surface area contributed by atoms with Gasteiger partial charge < -0.3 is 19.7 Å². The molecule has 2 aromatic carbocycles. The van der Waals surface area contributed by atoms with Crippen molar-refractivity contribution in [3.63, 3.8) is 0 Å². The number of aliphatic hydroxyl groups is 1. The summed E-state index contributed by atoms with van der Waals surface area (Å²) in [5, 5.41) is 30.5. The number of aryl methyl sites for hydroxylation is 1. The van der Waals surface area contributed by atoms with Crippen LogP contribution in [0.2, 0.25) is 0 Å². The molecule has 5 rings (SSSR count). The molecular formula is C25H21N7O4. The lowest BCUT2D eigenvalue weighted by molar-refractivity contribution is 0.0922. The predicted octanol–water partition coefficient (Wildman–Crippen LogP) is 3.48. The van der Waals surface area contributed by atoms with Gasteiger partial charge in [-0.3, -0.25) is 4.79 Å². The number of aromatic nitrogens is 5. The molecule has 0 radical (unpaired) electrons. The molecule has 0 aliphatic rings. The van der Waals surface area contributed by atoms with E-state index < -0.39 is 6.04 Å². The molecule has 1 amide bonds. The van der Waals surface area contributed by atoms with E-state index in [4.69, 9.17) is 20.9 Å². The summed E-state index contributed by atoms with van der Waals surface area (Å²) >= 11 is 0. The zero-order chi connectivity index (χ0) is 25.2. The lowest BCUT2D eigenvalue weighted by Crippen LogP contribution is -2.34. The van der Waals surface area contributed by atoms with E-state index in [9.17, 15) is 4.79 Å². The molecule has 0 aliphatic carbocycles. The fourth-order valence-corrected chi connectivity index (χ4v) is 3.72. The summed E-state index contributed by atoms with van der Waals surface area (Å²) in [6, 6.07) is 13.7. The number of nitrogens with zero attached hydrogens (tertiary/aromatic N) is 6. The first kappa shape index (κ1) is 22.9. The van der Waals surface area contributed by atoms with E-state index in [2.05, 4.69) is 30.6 Å². The fraction of sp³-hybridized carbons (Fsp3) is 0.200. The molecule has 0 bridgehead atoms. The molecule has 2 N–H and O–H groups in total. The van der Waals surface area contributed by atoms with Gasteiger partial charge in [0.05, 0.1) is 13.2 Å². The Morgan fingerprint density at radius 3 is 2.75 bits per heavy atom. The van der Waals surface area contributed by atoms with E-state index in [1.54, 1.807) is 36.6 Å². The van der Waals surface area contributed by atoms with Gasteiger partial charge in [-0.2, -0.15) is 4.52 Å². The number of hydrogen-bond acceptors (Lipinski definition) is 8. The molecule has 11 nitrogen and oxygen atoms in total. The van der Waals surface area contributed by atoms with Crippen LogP contribution in [0.4, 0.5) is 5.69 Å². The van der Waals surface area contributed by atoms with E-state index in [0.29, 0.717) is 39.9 Å². The Balaban J connectivity index is 1.49. The van der Waals surface area contributed by atoms with Crippen molar-refractivity contribution in [3.8, 4) is 17.4 Å². The minimum absolute atomic E-state index is 0.0513. The van der Waals surface area contributed by atoms with Gasteiger partial charge in [0.2, 0.25) is 17.6 Å². The number of benzene rings is 2. The first-order valence-corrected chi connectivity index (χ1v) is 11.1. The van der Waals surface area contributed by atoms with Crippen LogP contribution in [-0.2, 0) is 6.61 Å². The number of amides is 1. The summed E-state index contributed by atoms with van der Waals surface area (Å²) in [6.07, 6.45) is 0. The zero-order valence-corrected chi connectivity index (χ0v) is 19.5. The number of nitrogens with one attached hydrogen (secondary N) is 1. The van der Waals surface area contributed by atoms with Crippen LogP contribution in [0.3, 0.4) is 0 Å². The largest absolute Gasteiger partial charge is 0.473 e. The van der Waals surface area contributed by atoms with Gasteiger partial charge in [0, 0.05) is 28.4 Å². The maximum absolute atomic E-state index is 12.4. The molecule has 3 aromatic heterocycles. The maximum atomic E-state index is 12.4. The third kappa shape index (κ3) is 4.21. The molecule has 0 unspecified atom stereocenters. The number of aliphatic hydroxyl groups excluding tert-OH is 1. The first-order valence-electron chi connectivity index (χ1n) is 11.1. The van der Waals surface area contributed by atoms with Crippen LogP contribution in [-0.4, -0.2) is 48.6 Å². The van der Waals surface area contributed by atoms with E-state index >= 15 is 0 Å². The summed E-state index contributed by atoms with van der Waals surface area (Å²) < 4.78 is 12.8. The maximum Gasteiger partial charge on any atom is 0.250 e. The molecule has 3 heterocycles. The number of ether oxygens (including phenoxy) is 1. The van der Waals surface area contributed by atoms with Crippen molar-refractivity contribution in [2.24, 2.45) is 0 Å². The Labute approximate surface area is 205 Å². The molecular weight excluding hydrogens is 462 g/mol. The van der Waals surface area contributed by atoms with Crippen molar-refractivity contribution in [1.82, 2.24) is 30.3 Å². The molecule has 0 saturated carbocycles. The Hall–Kier alpha value is -4.82. The molecule has 0 saturated heterocycles. The van der Waals surface area contributed by atoms with Crippen LogP contribution in [0.5, 0.6) is 5.88 Å². The average Bonchev–Trinajstić information content (AvgIpc) is 3.52. The molecule has 1 atom stereocenters. The fourth-order valence-electron chi connectivity index (χ4n) is 3.72. The van der Waals surface area contributed by atoms with Gasteiger partial charge in [0.1, 0.15) is 12.4 Å². The molecule has 11 heteroatoms. The Morgan fingerprint density at radius 1 is 1.22 bits per heavy atom. The molecule has 180 valence electrons. The number of fused-ring (bicyclic) bond motifs is 3. The van der Waals surface area contributed by atoms with Gasteiger partial charge in [0.25, 0.3) is 0 Å². The second-order valence-corrected chi connectivity index (χ2v) is 8.23. The van der Waals surface area contributed by atoms with Gasteiger partial charge in [-0.05, 0) is 31.5 Å². The Morgan fingerprint density at radius 2 is 2.03 bits per heavy atom. The summed E-state index contributed by atoms with van der Waals surface area (Å²) in [4.78, 5) is 15.9. The minimum atomic E-state index is -0.394. The third-order valence-electron chi connectivity index (χ3n) is 5.57. The van der Waals surface area contributed by atoms with Crippen molar-refractivity contribution < 1.29 is 19.2 Å². The Kier molecular flexibility index (Phi) is 6.02. The minimum Gasteiger partial charge on any atom is -0.473 e. The van der Waals surface area contributed by atoms with E-state index in [1.165, 1.54) is 6.07 Å². The van der Waals surface area contributed by atoms with Crippen molar-refractivity contribution in [1.29, 1.82) is 0 Å². The van der Waals surface area contributed by atoms with Crippen molar-refractivity contribution in [2.45, 2.75) is 26.5 Å². The number of carbonyl (C=O) groups excluding carboxylic acids is 1.